The Morgan fingerprint density at radius 1 is 0.976 bits per heavy atom. The van der Waals surface area contributed by atoms with Gasteiger partial charge in [0.25, 0.3) is 0 Å². The molecule has 2 aliphatic rings. The van der Waals surface area contributed by atoms with Gasteiger partial charge in [0.2, 0.25) is 5.91 Å². The minimum absolute atomic E-state index is 0.257. The average Bonchev–Trinajstić information content (AvgIpc) is 3.46. The molecule has 2 fully saturated rings. The van der Waals surface area contributed by atoms with Crippen LogP contribution in [0.3, 0.4) is 0 Å². The van der Waals surface area contributed by atoms with E-state index < -0.39 is 23.0 Å². The van der Waals surface area contributed by atoms with E-state index in [1.807, 2.05) is 85.8 Å². The molecule has 6 rings (SSSR count). The third-order valence-electron chi connectivity index (χ3n) is 8.42. The summed E-state index contributed by atoms with van der Waals surface area (Å²) in [4.78, 5) is 26.2. The first-order chi connectivity index (χ1) is 19.9. The highest BCUT2D eigenvalue weighted by atomic mass is 16.5. The van der Waals surface area contributed by atoms with E-state index in [0.717, 1.165) is 22.8 Å². The summed E-state index contributed by atoms with van der Waals surface area (Å²) in [5.74, 6) is 0.537. The van der Waals surface area contributed by atoms with Gasteiger partial charge in [-0.2, -0.15) is 5.26 Å². The van der Waals surface area contributed by atoms with Crippen LogP contribution in [0.2, 0.25) is 0 Å². The molecule has 2 heterocycles. The Morgan fingerprint density at radius 2 is 1.71 bits per heavy atom. The predicted octanol–water partition coefficient (Wildman–Crippen LogP) is 6.66. The molecule has 2 aliphatic heterocycles. The normalized spacial score (nSPS) is 24.5. The number of nitrogens with one attached hydrogen (secondary N) is 1. The monoisotopic (exact) mass is 546 g/mol. The van der Waals surface area contributed by atoms with Crippen LogP contribution < -0.4 is 14.8 Å². The van der Waals surface area contributed by atoms with Gasteiger partial charge >= 0.3 is 0 Å². The summed E-state index contributed by atoms with van der Waals surface area (Å²) in [6, 6.07) is 30.1. The van der Waals surface area contributed by atoms with Gasteiger partial charge in [0, 0.05) is 28.9 Å². The van der Waals surface area contributed by atoms with Crippen LogP contribution >= 0.6 is 0 Å². The lowest BCUT2D eigenvalue weighted by molar-refractivity contribution is -0.128. The van der Waals surface area contributed by atoms with Crippen LogP contribution in [0.1, 0.15) is 31.7 Å². The molecule has 2 saturated heterocycles. The molecule has 7 heteroatoms. The number of rotatable bonds is 9. The Morgan fingerprint density at radius 3 is 2.49 bits per heavy atom. The fourth-order valence-electron chi connectivity index (χ4n) is 6.46. The molecule has 41 heavy (non-hydrogen) atoms. The van der Waals surface area contributed by atoms with Crippen LogP contribution in [0, 0.1) is 23.2 Å². The number of carbonyl (C=O) groups is 2. The van der Waals surface area contributed by atoms with Gasteiger partial charge < -0.3 is 24.3 Å². The van der Waals surface area contributed by atoms with E-state index in [-0.39, 0.29) is 5.91 Å². The highest BCUT2D eigenvalue weighted by Crippen LogP contribution is 2.58. The Balaban J connectivity index is 1.16. The summed E-state index contributed by atoms with van der Waals surface area (Å²) in [5.41, 5.74) is -0.392. The van der Waals surface area contributed by atoms with Crippen molar-refractivity contribution < 1.29 is 23.8 Å². The van der Waals surface area contributed by atoms with Crippen molar-refractivity contribution in [3.63, 3.8) is 0 Å². The van der Waals surface area contributed by atoms with Crippen molar-refractivity contribution in [3.05, 3.63) is 96.6 Å². The average molecular weight is 547 g/mol. The Bertz CT molecular complexity index is 1650. The fraction of sp³-hybridized carbons (Fsp3) is 0.265. The van der Waals surface area contributed by atoms with Crippen molar-refractivity contribution in [2.45, 2.75) is 37.4 Å². The molecule has 0 saturated carbocycles. The first kappa shape index (κ1) is 26.5. The molecule has 206 valence electrons. The molecule has 0 aliphatic carbocycles. The molecular formula is C34H30N2O5. The van der Waals surface area contributed by atoms with Gasteiger partial charge in [-0.3, -0.25) is 4.79 Å². The SMILES string of the molecule is C[C@]12CC[C@](CCOc3cccc(Oc4ccccc4)c3)(O1)[C@H](C=O)[C@@H]2C(=O)Nc1ccc(C#N)c2ccccc12. The van der Waals surface area contributed by atoms with Crippen LogP contribution in [0.4, 0.5) is 5.69 Å². The van der Waals surface area contributed by atoms with Crippen molar-refractivity contribution in [2.24, 2.45) is 11.8 Å². The van der Waals surface area contributed by atoms with Gasteiger partial charge in [0.15, 0.2) is 0 Å². The predicted molar refractivity (Wildman–Crippen MR) is 155 cm³/mol. The van der Waals surface area contributed by atoms with Crippen molar-refractivity contribution in [2.75, 3.05) is 11.9 Å². The van der Waals surface area contributed by atoms with Crippen molar-refractivity contribution in [1.82, 2.24) is 0 Å². The number of aldehydes is 1. The molecule has 4 atom stereocenters. The molecule has 0 radical (unpaired) electrons. The zero-order valence-corrected chi connectivity index (χ0v) is 22.7. The van der Waals surface area contributed by atoms with E-state index in [4.69, 9.17) is 14.2 Å². The second kappa shape index (κ2) is 10.7. The lowest BCUT2D eigenvalue weighted by atomic mass is 9.66. The van der Waals surface area contributed by atoms with Crippen LogP contribution in [-0.2, 0) is 14.3 Å². The number of ether oxygens (including phenoxy) is 3. The van der Waals surface area contributed by atoms with Gasteiger partial charge in [0.05, 0.1) is 41.3 Å². The minimum atomic E-state index is -0.774. The summed E-state index contributed by atoms with van der Waals surface area (Å²) < 4.78 is 18.5. The van der Waals surface area contributed by atoms with E-state index in [1.54, 1.807) is 12.1 Å². The zero-order chi connectivity index (χ0) is 28.5. The smallest absolute Gasteiger partial charge is 0.231 e. The molecule has 1 amide bonds. The highest BCUT2D eigenvalue weighted by Gasteiger charge is 2.67. The number of hydrogen-bond donors (Lipinski definition) is 1. The van der Waals surface area contributed by atoms with Gasteiger partial charge in [-0.05, 0) is 56.2 Å². The maximum atomic E-state index is 13.7. The van der Waals surface area contributed by atoms with E-state index in [2.05, 4.69) is 11.4 Å². The molecule has 0 unspecified atom stereocenters. The van der Waals surface area contributed by atoms with Gasteiger partial charge in [-0.25, -0.2) is 0 Å². The molecular weight excluding hydrogens is 516 g/mol. The second-order valence-corrected chi connectivity index (χ2v) is 10.9. The summed E-state index contributed by atoms with van der Waals surface area (Å²) in [7, 11) is 0. The number of carbonyl (C=O) groups excluding carboxylic acids is 2. The standard InChI is InChI=1S/C34H30N2O5/c1-33-16-17-34(41-33,18-19-39-25-10-7-11-26(20-25)40-24-8-3-2-4-9-24)29(22-37)31(33)32(38)36-30-15-14-23(21-35)27-12-5-6-13-28(27)30/h2-15,20,22,29,31H,16-19H2,1H3,(H,36,38)/t29-,31-,33-,34-/m1/s1. The summed E-state index contributed by atoms with van der Waals surface area (Å²) in [6.45, 7) is 2.24. The molecule has 1 N–H and O–H groups in total. The van der Waals surface area contributed by atoms with Gasteiger partial charge in [-0.1, -0.05) is 48.5 Å². The zero-order valence-electron chi connectivity index (χ0n) is 22.7. The highest BCUT2D eigenvalue weighted by molar-refractivity contribution is 6.05. The van der Waals surface area contributed by atoms with Crippen molar-refractivity contribution >= 4 is 28.7 Å². The van der Waals surface area contributed by atoms with Crippen molar-refractivity contribution in [1.29, 1.82) is 5.26 Å². The van der Waals surface area contributed by atoms with E-state index in [1.165, 1.54) is 0 Å². The van der Waals surface area contributed by atoms with Crippen LogP contribution in [-0.4, -0.2) is 30.0 Å². The Hall–Kier alpha value is -4.67. The topological polar surface area (TPSA) is 97.7 Å². The quantitative estimate of drug-likeness (QED) is 0.236. The molecule has 7 nitrogen and oxygen atoms in total. The number of anilines is 1. The number of para-hydroxylation sites is 1. The number of fused-ring (bicyclic) bond motifs is 3. The van der Waals surface area contributed by atoms with Crippen molar-refractivity contribution in [3.8, 4) is 23.3 Å². The number of nitrogens with zero attached hydrogens (tertiary/aromatic N) is 1. The number of benzene rings is 4. The largest absolute Gasteiger partial charge is 0.493 e. The number of hydrogen-bond acceptors (Lipinski definition) is 6. The fourth-order valence-corrected chi connectivity index (χ4v) is 6.46. The number of amides is 1. The Kier molecular flexibility index (Phi) is 6.94. The number of nitriles is 1. The maximum Gasteiger partial charge on any atom is 0.231 e. The third-order valence-corrected chi connectivity index (χ3v) is 8.42. The first-order valence-corrected chi connectivity index (χ1v) is 13.8. The second-order valence-electron chi connectivity index (χ2n) is 10.9. The minimum Gasteiger partial charge on any atom is -0.493 e. The molecule has 0 aromatic heterocycles. The molecule has 4 aromatic rings. The summed E-state index contributed by atoms with van der Waals surface area (Å²) >= 11 is 0. The van der Waals surface area contributed by atoms with Crippen LogP contribution in [0.5, 0.6) is 17.2 Å². The van der Waals surface area contributed by atoms with Gasteiger partial charge in [0.1, 0.15) is 23.5 Å². The lowest BCUT2D eigenvalue weighted by Gasteiger charge is -2.34. The summed E-state index contributed by atoms with van der Waals surface area (Å²) in [5, 5.41) is 14.1. The van der Waals surface area contributed by atoms with Gasteiger partial charge in [-0.15, -0.1) is 0 Å². The van der Waals surface area contributed by atoms with Crippen LogP contribution in [0.25, 0.3) is 10.8 Å². The van der Waals surface area contributed by atoms with E-state index in [0.29, 0.717) is 48.6 Å². The molecule has 0 spiro atoms. The van der Waals surface area contributed by atoms with E-state index >= 15 is 0 Å². The maximum absolute atomic E-state index is 13.7. The summed E-state index contributed by atoms with van der Waals surface area (Å²) in [6.07, 6.45) is 2.69. The lowest BCUT2D eigenvalue weighted by Crippen LogP contribution is -2.47. The van der Waals surface area contributed by atoms with E-state index in [9.17, 15) is 14.9 Å². The third kappa shape index (κ3) is 4.92. The Labute approximate surface area is 238 Å². The first-order valence-electron chi connectivity index (χ1n) is 13.8. The molecule has 2 bridgehead atoms. The van der Waals surface area contributed by atoms with Crippen LogP contribution in [0.15, 0.2) is 91.0 Å². The molecule has 4 aromatic carbocycles.